The number of sulfonamides is 1. The summed E-state index contributed by atoms with van der Waals surface area (Å²) in [5.41, 5.74) is 1.92. The lowest BCUT2D eigenvalue weighted by Gasteiger charge is -2.06. The molecule has 0 heterocycles. The molecule has 0 fully saturated rings. The van der Waals surface area contributed by atoms with Crippen LogP contribution in [-0.4, -0.2) is 15.0 Å². The summed E-state index contributed by atoms with van der Waals surface area (Å²) < 4.78 is 25.7. The Kier molecular flexibility index (Phi) is 3.29. The number of rotatable bonds is 3. The fourth-order valence-electron chi connectivity index (χ4n) is 1.36. The molecular weight excluding hydrogens is 198 g/mol. The molecule has 1 aromatic rings. The van der Waals surface area contributed by atoms with Gasteiger partial charge in [0.15, 0.2) is 0 Å². The van der Waals surface area contributed by atoms with Gasteiger partial charge in [-0.3, -0.25) is 0 Å². The van der Waals surface area contributed by atoms with Crippen LogP contribution in [0.4, 0.5) is 0 Å². The van der Waals surface area contributed by atoms with E-state index in [4.69, 9.17) is 0 Å². The molecule has 0 aliphatic carbocycles. The second kappa shape index (κ2) is 4.11. The maximum Gasteiger partial charge on any atom is 0.240 e. The molecule has 78 valence electrons. The summed E-state index contributed by atoms with van der Waals surface area (Å²) in [5, 5.41) is 0. The molecule has 0 saturated heterocycles. The van der Waals surface area contributed by atoms with Gasteiger partial charge in [-0.1, -0.05) is 13.0 Å². The lowest BCUT2D eigenvalue weighted by molar-refractivity contribution is 0.583. The van der Waals surface area contributed by atoms with Crippen LogP contribution in [0, 0.1) is 13.8 Å². The topological polar surface area (TPSA) is 46.2 Å². The predicted molar refractivity (Wildman–Crippen MR) is 56.8 cm³/mol. The average Bonchev–Trinajstić information content (AvgIpc) is 2.02. The largest absolute Gasteiger partial charge is 0.240 e. The Balaban J connectivity index is 3.19. The van der Waals surface area contributed by atoms with Gasteiger partial charge in [0.05, 0.1) is 4.90 Å². The summed E-state index contributed by atoms with van der Waals surface area (Å²) in [6.07, 6.45) is 0. The van der Waals surface area contributed by atoms with Gasteiger partial charge in [-0.2, -0.15) is 0 Å². The van der Waals surface area contributed by atoms with Crippen LogP contribution in [0.1, 0.15) is 18.1 Å². The van der Waals surface area contributed by atoms with Crippen LogP contribution in [0.3, 0.4) is 0 Å². The van der Waals surface area contributed by atoms with Crippen LogP contribution in [0.2, 0.25) is 0 Å². The third kappa shape index (κ3) is 2.56. The molecule has 0 radical (unpaired) electrons. The smallest absolute Gasteiger partial charge is 0.211 e. The molecule has 14 heavy (non-hydrogen) atoms. The number of hydrogen-bond donors (Lipinski definition) is 1. The van der Waals surface area contributed by atoms with Crippen molar-refractivity contribution in [1.29, 1.82) is 0 Å². The highest BCUT2D eigenvalue weighted by Gasteiger charge is 2.12. The van der Waals surface area contributed by atoms with Gasteiger partial charge in [-0.05, 0) is 37.1 Å². The van der Waals surface area contributed by atoms with Crippen molar-refractivity contribution in [3.05, 3.63) is 29.3 Å². The molecule has 0 aliphatic rings. The first-order chi connectivity index (χ1) is 6.45. The van der Waals surface area contributed by atoms with Gasteiger partial charge < -0.3 is 0 Å². The van der Waals surface area contributed by atoms with E-state index >= 15 is 0 Å². The Hall–Kier alpha value is -0.870. The molecule has 0 amide bonds. The second-order valence-electron chi connectivity index (χ2n) is 3.32. The Morgan fingerprint density at radius 3 is 2.07 bits per heavy atom. The van der Waals surface area contributed by atoms with Crippen molar-refractivity contribution >= 4 is 10.0 Å². The monoisotopic (exact) mass is 213 g/mol. The van der Waals surface area contributed by atoms with E-state index in [-0.39, 0.29) is 0 Å². The molecule has 1 rings (SSSR count). The number of hydrogen-bond acceptors (Lipinski definition) is 2. The Labute approximate surface area is 85.2 Å². The summed E-state index contributed by atoms with van der Waals surface area (Å²) in [6.45, 7) is 5.95. The first kappa shape index (κ1) is 11.2. The summed E-state index contributed by atoms with van der Waals surface area (Å²) in [6, 6.07) is 5.29. The first-order valence-corrected chi connectivity index (χ1v) is 6.02. The van der Waals surface area contributed by atoms with Gasteiger partial charge in [0.25, 0.3) is 0 Å². The third-order valence-corrected chi connectivity index (χ3v) is 3.36. The van der Waals surface area contributed by atoms with E-state index in [0.717, 1.165) is 11.1 Å². The first-order valence-electron chi connectivity index (χ1n) is 4.53. The van der Waals surface area contributed by atoms with Crippen molar-refractivity contribution in [2.75, 3.05) is 6.54 Å². The molecule has 0 aliphatic heterocycles. The van der Waals surface area contributed by atoms with Gasteiger partial charge in [0, 0.05) is 6.54 Å². The molecule has 0 spiro atoms. The molecule has 0 atom stereocenters. The predicted octanol–water partition coefficient (Wildman–Crippen LogP) is 1.60. The van der Waals surface area contributed by atoms with Gasteiger partial charge in [-0.15, -0.1) is 0 Å². The Morgan fingerprint density at radius 1 is 1.14 bits per heavy atom. The third-order valence-electron chi connectivity index (χ3n) is 1.84. The van der Waals surface area contributed by atoms with Crippen LogP contribution >= 0.6 is 0 Å². The number of nitrogens with one attached hydrogen (secondary N) is 1. The lowest BCUT2D eigenvalue weighted by Crippen LogP contribution is -2.23. The van der Waals surface area contributed by atoms with Crippen molar-refractivity contribution < 1.29 is 8.42 Å². The normalized spacial score (nSPS) is 11.6. The SMILES string of the molecule is CCNS(=O)(=O)c1cc(C)cc(C)c1. The van der Waals surface area contributed by atoms with E-state index < -0.39 is 10.0 Å². The van der Waals surface area contributed by atoms with E-state index in [1.165, 1.54) is 0 Å². The van der Waals surface area contributed by atoms with Crippen LogP contribution in [0.5, 0.6) is 0 Å². The van der Waals surface area contributed by atoms with Gasteiger partial charge in [0.1, 0.15) is 0 Å². The standard InChI is InChI=1S/C10H15NO2S/c1-4-11-14(12,13)10-6-8(2)5-9(3)7-10/h5-7,11H,4H2,1-3H3. The fraction of sp³-hybridized carbons (Fsp3) is 0.400. The molecular formula is C10H15NO2S. The van der Waals surface area contributed by atoms with Gasteiger partial charge in [-0.25, -0.2) is 13.1 Å². The quantitative estimate of drug-likeness (QED) is 0.829. The maximum atomic E-state index is 11.6. The van der Waals surface area contributed by atoms with Crippen molar-refractivity contribution in [3.63, 3.8) is 0 Å². The van der Waals surface area contributed by atoms with Crippen molar-refractivity contribution in [3.8, 4) is 0 Å². The fourth-order valence-corrected chi connectivity index (χ4v) is 2.59. The highest BCUT2D eigenvalue weighted by Crippen LogP contribution is 2.13. The summed E-state index contributed by atoms with van der Waals surface area (Å²) in [4.78, 5) is 0.344. The van der Waals surface area contributed by atoms with E-state index in [1.54, 1.807) is 19.1 Å². The summed E-state index contributed by atoms with van der Waals surface area (Å²) >= 11 is 0. The van der Waals surface area contributed by atoms with Gasteiger partial charge >= 0.3 is 0 Å². The van der Waals surface area contributed by atoms with E-state index in [0.29, 0.717) is 11.4 Å². The van der Waals surface area contributed by atoms with Crippen molar-refractivity contribution in [2.24, 2.45) is 0 Å². The zero-order valence-corrected chi connectivity index (χ0v) is 9.48. The molecule has 3 nitrogen and oxygen atoms in total. The summed E-state index contributed by atoms with van der Waals surface area (Å²) in [5.74, 6) is 0. The Morgan fingerprint density at radius 2 is 1.64 bits per heavy atom. The minimum Gasteiger partial charge on any atom is -0.211 e. The van der Waals surface area contributed by atoms with E-state index in [2.05, 4.69) is 4.72 Å². The van der Waals surface area contributed by atoms with Gasteiger partial charge in [0.2, 0.25) is 10.0 Å². The highest BCUT2D eigenvalue weighted by molar-refractivity contribution is 7.89. The van der Waals surface area contributed by atoms with Crippen LogP contribution < -0.4 is 4.72 Å². The Bertz CT molecular complexity index is 403. The molecule has 4 heteroatoms. The zero-order chi connectivity index (χ0) is 10.8. The average molecular weight is 213 g/mol. The second-order valence-corrected chi connectivity index (χ2v) is 5.09. The highest BCUT2D eigenvalue weighted by atomic mass is 32.2. The minimum atomic E-state index is -3.31. The van der Waals surface area contributed by atoms with Crippen molar-refractivity contribution in [1.82, 2.24) is 4.72 Å². The zero-order valence-electron chi connectivity index (χ0n) is 8.66. The molecule has 1 N–H and O–H groups in total. The molecule has 0 bridgehead atoms. The molecule has 0 saturated carbocycles. The van der Waals surface area contributed by atoms with E-state index in [9.17, 15) is 8.42 Å². The van der Waals surface area contributed by atoms with Crippen LogP contribution in [-0.2, 0) is 10.0 Å². The molecule has 0 unspecified atom stereocenters. The maximum absolute atomic E-state index is 11.6. The number of aryl methyl sites for hydroxylation is 2. The summed E-state index contributed by atoms with van der Waals surface area (Å²) in [7, 11) is -3.31. The van der Waals surface area contributed by atoms with Crippen molar-refractivity contribution in [2.45, 2.75) is 25.7 Å². The van der Waals surface area contributed by atoms with Crippen LogP contribution in [0.15, 0.2) is 23.1 Å². The minimum absolute atomic E-state index is 0.344. The molecule has 0 aromatic heterocycles. The molecule has 1 aromatic carbocycles. The van der Waals surface area contributed by atoms with E-state index in [1.807, 2.05) is 19.9 Å². The lowest BCUT2D eigenvalue weighted by atomic mass is 10.2. The number of benzene rings is 1. The van der Waals surface area contributed by atoms with Crippen LogP contribution in [0.25, 0.3) is 0 Å².